The number of benzene rings is 3. The molecular formula is C19H14N4O4S. The number of sulfonamides is 1. The Kier molecular flexibility index (Phi) is 4.38. The molecule has 0 atom stereocenters. The number of hydrogen-bond donors (Lipinski definition) is 3. The van der Waals surface area contributed by atoms with Crippen LogP contribution in [0.15, 0.2) is 76.4 Å². The van der Waals surface area contributed by atoms with Gasteiger partial charge in [0.15, 0.2) is 5.69 Å². The van der Waals surface area contributed by atoms with Crippen LogP contribution in [0.3, 0.4) is 0 Å². The van der Waals surface area contributed by atoms with Gasteiger partial charge < -0.3 is 0 Å². The molecule has 4 aromatic rings. The Balaban J connectivity index is 1.60. The second-order valence-electron chi connectivity index (χ2n) is 6.02. The highest BCUT2D eigenvalue weighted by atomic mass is 32.2. The number of carbonyl (C=O) groups excluding carboxylic acids is 1. The van der Waals surface area contributed by atoms with Gasteiger partial charge in [-0.1, -0.05) is 48.5 Å². The molecular weight excluding hydrogens is 380 g/mol. The third-order valence-electron chi connectivity index (χ3n) is 4.24. The second-order valence-corrected chi connectivity index (χ2v) is 7.70. The number of hydrogen-bond acceptors (Lipinski definition) is 5. The van der Waals surface area contributed by atoms with E-state index in [1.807, 2.05) is 12.1 Å². The summed E-state index contributed by atoms with van der Waals surface area (Å²) in [5.74, 6) is -0.795. The van der Waals surface area contributed by atoms with Crippen molar-refractivity contribution in [2.75, 3.05) is 0 Å². The molecule has 3 aromatic carbocycles. The van der Waals surface area contributed by atoms with E-state index in [9.17, 15) is 18.0 Å². The predicted octanol–water partition coefficient (Wildman–Crippen LogP) is 1.70. The van der Waals surface area contributed by atoms with E-state index in [-0.39, 0.29) is 16.0 Å². The fourth-order valence-corrected chi connectivity index (χ4v) is 3.73. The number of aromatic nitrogens is 2. The number of rotatable bonds is 4. The molecule has 8 nitrogen and oxygen atoms in total. The highest BCUT2D eigenvalue weighted by Gasteiger charge is 2.19. The summed E-state index contributed by atoms with van der Waals surface area (Å²) in [4.78, 5) is 26.3. The van der Waals surface area contributed by atoms with E-state index in [4.69, 9.17) is 0 Å². The van der Waals surface area contributed by atoms with Crippen molar-refractivity contribution >= 4 is 37.5 Å². The monoisotopic (exact) mass is 394 g/mol. The number of carbonyl (C=O) groups is 1. The molecule has 1 heterocycles. The van der Waals surface area contributed by atoms with Crippen molar-refractivity contribution in [3.8, 4) is 0 Å². The smallest absolute Gasteiger partial charge is 0.272 e. The Bertz CT molecular complexity index is 1380. The first-order chi connectivity index (χ1) is 13.5. The number of fused-ring (bicyclic) bond motifs is 2. The molecule has 0 radical (unpaired) electrons. The van der Waals surface area contributed by atoms with Crippen LogP contribution in [0.1, 0.15) is 10.5 Å². The molecule has 140 valence electrons. The van der Waals surface area contributed by atoms with Gasteiger partial charge in [0.1, 0.15) is 0 Å². The Hall–Kier alpha value is -3.56. The van der Waals surface area contributed by atoms with E-state index in [2.05, 4.69) is 20.5 Å². The lowest BCUT2D eigenvalue weighted by Gasteiger charge is -2.10. The van der Waals surface area contributed by atoms with Gasteiger partial charge in [-0.05, 0) is 29.0 Å². The number of amides is 1. The van der Waals surface area contributed by atoms with Crippen LogP contribution >= 0.6 is 0 Å². The lowest BCUT2D eigenvalue weighted by molar-refractivity contribution is 0.0941. The predicted molar refractivity (Wildman–Crippen MR) is 104 cm³/mol. The molecule has 28 heavy (non-hydrogen) atoms. The standard InChI is InChI=1S/C19H14N4O4S/c24-18-16-8-4-3-7-15(16)17(20-21-18)19(25)22-23-28(26,27)14-10-9-12-5-1-2-6-13(12)11-14/h1-11,23H,(H,21,24)(H,22,25). The lowest BCUT2D eigenvalue weighted by atomic mass is 10.1. The van der Waals surface area contributed by atoms with Crippen molar-refractivity contribution in [3.63, 3.8) is 0 Å². The van der Waals surface area contributed by atoms with Gasteiger partial charge in [0.05, 0.1) is 10.3 Å². The number of aromatic amines is 1. The van der Waals surface area contributed by atoms with Gasteiger partial charge in [0.2, 0.25) is 0 Å². The van der Waals surface area contributed by atoms with Crippen molar-refractivity contribution in [3.05, 3.63) is 82.8 Å². The average molecular weight is 394 g/mol. The molecule has 0 aliphatic carbocycles. The summed E-state index contributed by atoms with van der Waals surface area (Å²) in [6.45, 7) is 0. The molecule has 0 aliphatic rings. The van der Waals surface area contributed by atoms with Crippen LogP contribution in [0.4, 0.5) is 0 Å². The first kappa shape index (κ1) is 17.8. The van der Waals surface area contributed by atoms with Crippen molar-refractivity contribution < 1.29 is 13.2 Å². The minimum Gasteiger partial charge on any atom is -0.272 e. The summed E-state index contributed by atoms with van der Waals surface area (Å²) in [5.41, 5.74) is 1.59. The Labute approximate surface area is 159 Å². The Morgan fingerprint density at radius 1 is 0.893 bits per heavy atom. The number of H-pyrrole nitrogens is 1. The molecule has 1 amide bonds. The molecule has 9 heteroatoms. The average Bonchev–Trinajstić information content (AvgIpc) is 2.72. The van der Waals surface area contributed by atoms with E-state index in [0.717, 1.165) is 10.8 Å². The van der Waals surface area contributed by atoms with Crippen LogP contribution in [-0.2, 0) is 10.0 Å². The van der Waals surface area contributed by atoms with Gasteiger partial charge in [-0.3, -0.25) is 15.0 Å². The quantitative estimate of drug-likeness (QED) is 0.455. The van der Waals surface area contributed by atoms with Crippen molar-refractivity contribution in [1.82, 2.24) is 20.5 Å². The van der Waals surface area contributed by atoms with Crippen LogP contribution in [0, 0.1) is 0 Å². The largest absolute Gasteiger partial charge is 0.287 e. The molecule has 4 rings (SSSR count). The molecule has 0 saturated heterocycles. The topological polar surface area (TPSA) is 121 Å². The maximum Gasteiger partial charge on any atom is 0.287 e. The third kappa shape index (κ3) is 3.24. The van der Waals surface area contributed by atoms with E-state index in [1.165, 1.54) is 12.1 Å². The number of nitrogens with zero attached hydrogens (tertiary/aromatic N) is 1. The van der Waals surface area contributed by atoms with Gasteiger partial charge in [-0.25, -0.2) is 13.5 Å². The molecule has 0 unspecified atom stereocenters. The molecule has 0 aliphatic heterocycles. The number of hydrazine groups is 1. The minimum atomic E-state index is -4.00. The summed E-state index contributed by atoms with van der Waals surface area (Å²) in [5, 5.41) is 8.21. The Morgan fingerprint density at radius 3 is 2.36 bits per heavy atom. The summed E-state index contributed by atoms with van der Waals surface area (Å²) in [6.07, 6.45) is 0. The lowest BCUT2D eigenvalue weighted by Crippen LogP contribution is -2.42. The zero-order valence-electron chi connectivity index (χ0n) is 14.3. The van der Waals surface area contributed by atoms with E-state index >= 15 is 0 Å². The molecule has 0 saturated carbocycles. The van der Waals surface area contributed by atoms with E-state index in [1.54, 1.807) is 42.5 Å². The molecule has 0 fully saturated rings. The molecule has 0 bridgehead atoms. The summed E-state index contributed by atoms with van der Waals surface area (Å²) >= 11 is 0. The summed E-state index contributed by atoms with van der Waals surface area (Å²) in [6, 6.07) is 18.4. The maximum atomic E-state index is 12.5. The first-order valence-corrected chi connectivity index (χ1v) is 9.72. The second kappa shape index (κ2) is 6.87. The maximum absolute atomic E-state index is 12.5. The zero-order chi connectivity index (χ0) is 19.7. The van der Waals surface area contributed by atoms with Crippen LogP contribution in [0.25, 0.3) is 21.5 Å². The van der Waals surface area contributed by atoms with E-state index in [0.29, 0.717) is 5.39 Å². The fraction of sp³-hybridized carbons (Fsp3) is 0. The van der Waals surface area contributed by atoms with Crippen molar-refractivity contribution in [1.29, 1.82) is 0 Å². The van der Waals surface area contributed by atoms with E-state index < -0.39 is 21.5 Å². The minimum absolute atomic E-state index is 0.00536. The number of nitrogens with one attached hydrogen (secondary N) is 3. The van der Waals surface area contributed by atoms with Gasteiger partial charge >= 0.3 is 0 Å². The zero-order valence-corrected chi connectivity index (χ0v) is 15.2. The van der Waals surface area contributed by atoms with Crippen LogP contribution < -0.4 is 15.8 Å². The molecule has 3 N–H and O–H groups in total. The van der Waals surface area contributed by atoms with Gasteiger partial charge in [-0.2, -0.15) is 5.10 Å². The molecule has 0 spiro atoms. The van der Waals surface area contributed by atoms with Gasteiger partial charge in [0, 0.05) is 5.39 Å². The van der Waals surface area contributed by atoms with Crippen LogP contribution in [-0.4, -0.2) is 24.5 Å². The third-order valence-corrected chi connectivity index (χ3v) is 5.49. The SMILES string of the molecule is O=C(NNS(=O)(=O)c1ccc2ccccc2c1)c1n[nH]c(=O)c2ccccc12. The van der Waals surface area contributed by atoms with Crippen molar-refractivity contribution in [2.45, 2.75) is 4.90 Å². The van der Waals surface area contributed by atoms with Gasteiger partial charge in [0.25, 0.3) is 21.5 Å². The highest BCUT2D eigenvalue weighted by molar-refractivity contribution is 7.89. The Morgan fingerprint density at radius 2 is 1.57 bits per heavy atom. The van der Waals surface area contributed by atoms with Crippen LogP contribution in [0.5, 0.6) is 0 Å². The van der Waals surface area contributed by atoms with Gasteiger partial charge in [-0.15, -0.1) is 4.83 Å². The van der Waals surface area contributed by atoms with Crippen LogP contribution in [0.2, 0.25) is 0 Å². The highest BCUT2D eigenvalue weighted by Crippen LogP contribution is 2.18. The summed E-state index contributed by atoms with van der Waals surface area (Å²) < 4.78 is 25.1. The van der Waals surface area contributed by atoms with Crippen molar-refractivity contribution in [2.24, 2.45) is 0 Å². The fourth-order valence-electron chi connectivity index (χ4n) is 2.85. The first-order valence-electron chi connectivity index (χ1n) is 8.24. The summed E-state index contributed by atoms with van der Waals surface area (Å²) in [7, 11) is -4.00. The molecule has 1 aromatic heterocycles. The normalized spacial score (nSPS) is 11.6.